The summed E-state index contributed by atoms with van der Waals surface area (Å²) in [5, 5.41) is 5.11. The fourth-order valence-electron chi connectivity index (χ4n) is 1.92. The van der Waals surface area contributed by atoms with Gasteiger partial charge in [0.05, 0.1) is 17.3 Å². The second-order valence-corrected chi connectivity index (χ2v) is 4.29. The molecule has 0 amide bonds. The number of nitrogens with two attached hydrogens (primary N) is 1. The summed E-state index contributed by atoms with van der Waals surface area (Å²) >= 11 is 0. The summed E-state index contributed by atoms with van der Waals surface area (Å²) in [5.74, 6) is 1.12. The molecule has 0 saturated carbocycles. The fourth-order valence-corrected chi connectivity index (χ4v) is 1.92. The lowest BCUT2D eigenvalue weighted by molar-refractivity contribution is 0.889. The zero-order valence-electron chi connectivity index (χ0n) is 10.3. The minimum absolute atomic E-state index is 0.468. The Morgan fingerprint density at radius 1 is 1.06 bits per heavy atom. The zero-order valence-corrected chi connectivity index (χ0v) is 10.3. The van der Waals surface area contributed by atoms with Crippen LogP contribution >= 0.6 is 0 Å². The molecule has 2 aromatic heterocycles. The van der Waals surface area contributed by atoms with Crippen LogP contribution in [0.25, 0.3) is 16.7 Å². The third kappa shape index (κ3) is 1.60. The van der Waals surface area contributed by atoms with Gasteiger partial charge in [0.15, 0.2) is 5.65 Å². The maximum Gasteiger partial charge on any atom is 0.168 e. The number of fused-ring (bicyclic) bond motifs is 1. The molecule has 0 bridgehead atoms. The number of hydrogen-bond acceptors (Lipinski definition) is 4. The van der Waals surface area contributed by atoms with Crippen molar-refractivity contribution in [1.82, 2.24) is 19.7 Å². The van der Waals surface area contributed by atoms with E-state index < -0.39 is 0 Å². The second-order valence-electron chi connectivity index (χ2n) is 4.29. The SMILES string of the molecule is Cc1ccc(-n2ncc3c(N)nc(C)nc32)cc1. The van der Waals surface area contributed by atoms with Crippen LogP contribution in [0.15, 0.2) is 30.5 Å². The molecule has 0 radical (unpaired) electrons. The van der Waals surface area contributed by atoms with Crippen molar-refractivity contribution >= 4 is 16.9 Å². The van der Waals surface area contributed by atoms with E-state index >= 15 is 0 Å². The van der Waals surface area contributed by atoms with E-state index in [1.54, 1.807) is 10.9 Å². The van der Waals surface area contributed by atoms with Gasteiger partial charge in [0.2, 0.25) is 0 Å². The summed E-state index contributed by atoms with van der Waals surface area (Å²) in [6, 6.07) is 8.10. The summed E-state index contributed by atoms with van der Waals surface area (Å²) in [7, 11) is 0. The predicted molar refractivity (Wildman–Crippen MR) is 70.5 cm³/mol. The third-order valence-electron chi connectivity index (χ3n) is 2.85. The third-order valence-corrected chi connectivity index (χ3v) is 2.85. The summed E-state index contributed by atoms with van der Waals surface area (Å²) in [5.41, 5.74) is 8.78. The first-order valence-electron chi connectivity index (χ1n) is 5.70. The van der Waals surface area contributed by atoms with Gasteiger partial charge in [-0.3, -0.25) is 0 Å². The molecule has 0 saturated heterocycles. The van der Waals surface area contributed by atoms with E-state index in [9.17, 15) is 0 Å². The topological polar surface area (TPSA) is 69.6 Å². The van der Waals surface area contributed by atoms with Gasteiger partial charge in [0.25, 0.3) is 0 Å². The molecule has 0 unspecified atom stereocenters. The Morgan fingerprint density at radius 3 is 2.50 bits per heavy atom. The van der Waals surface area contributed by atoms with Gasteiger partial charge in [-0.1, -0.05) is 17.7 Å². The van der Waals surface area contributed by atoms with Crippen LogP contribution in [0.2, 0.25) is 0 Å². The van der Waals surface area contributed by atoms with Gasteiger partial charge in [0, 0.05) is 0 Å². The van der Waals surface area contributed by atoms with Crippen molar-refractivity contribution in [3.05, 3.63) is 41.9 Å². The average Bonchev–Trinajstić information content (AvgIpc) is 2.74. The molecule has 2 N–H and O–H groups in total. The first-order chi connectivity index (χ1) is 8.65. The van der Waals surface area contributed by atoms with E-state index in [2.05, 4.69) is 22.0 Å². The quantitative estimate of drug-likeness (QED) is 0.705. The van der Waals surface area contributed by atoms with Crippen LogP contribution in [0.1, 0.15) is 11.4 Å². The van der Waals surface area contributed by atoms with Crippen molar-refractivity contribution in [3.63, 3.8) is 0 Å². The Labute approximate surface area is 104 Å². The number of rotatable bonds is 1. The molecular weight excluding hydrogens is 226 g/mol. The van der Waals surface area contributed by atoms with Crippen molar-refractivity contribution in [1.29, 1.82) is 0 Å². The number of aromatic nitrogens is 4. The maximum absolute atomic E-state index is 5.87. The lowest BCUT2D eigenvalue weighted by Crippen LogP contribution is -2.01. The summed E-state index contributed by atoms with van der Waals surface area (Å²) in [4.78, 5) is 8.54. The Morgan fingerprint density at radius 2 is 1.78 bits per heavy atom. The zero-order chi connectivity index (χ0) is 12.7. The maximum atomic E-state index is 5.87. The minimum Gasteiger partial charge on any atom is -0.383 e. The average molecular weight is 239 g/mol. The molecule has 18 heavy (non-hydrogen) atoms. The molecule has 0 spiro atoms. The van der Waals surface area contributed by atoms with E-state index in [0.29, 0.717) is 11.6 Å². The van der Waals surface area contributed by atoms with Gasteiger partial charge >= 0.3 is 0 Å². The Bertz CT molecular complexity index is 712. The fraction of sp³-hybridized carbons (Fsp3) is 0.154. The number of nitrogen functional groups attached to an aromatic ring is 1. The first-order valence-corrected chi connectivity index (χ1v) is 5.70. The molecule has 5 heteroatoms. The molecule has 0 aliphatic heterocycles. The van der Waals surface area contributed by atoms with Gasteiger partial charge in [-0.25, -0.2) is 14.6 Å². The summed E-state index contributed by atoms with van der Waals surface area (Å²) in [6.07, 6.45) is 1.70. The van der Waals surface area contributed by atoms with Crippen molar-refractivity contribution < 1.29 is 0 Å². The molecule has 3 rings (SSSR count). The lowest BCUT2D eigenvalue weighted by atomic mass is 10.2. The molecule has 90 valence electrons. The van der Waals surface area contributed by atoms with Crippen LogP contribution in [0.5, 0.6) is 0 Å². The molecule has 0 atom stereocenters. The number of nitrogens with zero attached hydrogens (tertiary/aromatic N) is 4. The Hall–Kier alpha value is -2.43. The highest BCUT2D eigenvalue weighted by atomic mass is 15.3. The van der Waals surface area contributed by atoms with Gasteiger partial charge in [-0.15, -0.1) is 0 Å². The first kappa shape index (κ1) is 10.7. The van der Waals surface area contributed by atoms with Crippen LogP contribution < -0.4 is 5.73 Å². The van der Waals surface area contributed by atoms with Crippen molar-refractivity contribution in [2.24, 2.45) is 0 Å². The van der Waals surface area contributed by atoms with Crippen LogP contribution in [0, 0.1) is 13.8 Å². The smallest absolute Gasteiger partial charge is 0.168 e. The molecule has 0 aliphatic carbocycles. The second kappa shape index (κ2) is 3.80. The molecule has 0 fully saturated rings. The van der Waals surface area contributed by atoms with Gasteiger partial charge in [-0.2, -0.15) is 5.10 Å². The van der Waals surface area contributed by atoms with E-state index in [1.807, 2.05) is 31.2 Å². The van der Waals surface area contributed by atoms with Crippen LogP contribution in [0.4, 0.5) is 5.82 Å². The van der Waals surface area contributed by atoms with Crippen LogP contribution in [-0.2, 0) is 0 Å². The van der Waals surface area contributed by atoms with Crippen LogP contribution in [0.3, 0.4) is 0 Å². The largest absolute Gasteiger partial charge is 0.383 e. The number of aryl methyl sites for hydroxylation is 2. The summed E-state index contributed by atoms with van der Waals surface area (Å²) in [6.45, 7) is 3.87. The van der Waals surface area contributed by atoms with Crippen molar-refractivity contribution in [2.75, 3.05) is 5.73 Å². The van der Waals surface area contributed by atoms with E-state index in [1.165, 1.54) is 5.56 Å². The van der Waals surface area contributed by atoms with Gasteiger partial charge < -0.3 is 5.73 Å². The molecule has 1 aromatic carbocycles. The Balaban J connectivity index is 2.27. The highest BCUT2D eigenvalue weighted by Gasteiger charge is 2.10. The van der Waals surface area contributed by atoms with Gasteiger partial charge in [-0.05, 0) is 26.0 Å². The van der Waals surface area contributed by atoms with Crippen LogP contribution in [-0.4, -0.2) is 19.7 Å². The molecule has 0 aliphatic rings. The Kier molecular flexibility index (Phi) is 2.26. The number of benzene rings is 1. The molecular formula is C13H13N5. The van der Waals surface area contributed by atoms with Crippen molar-refractivity contribution in [2.45, 2.75) is 13.8 Å². The van der Waals surface area contributed by atoms with E-state index in [-0.39, 0.29) is 0 Å². The highest BCUT2D eigenvalue weighted by Crippen LogP contribution is 2.20. The number of hydrogen-bond donors (Lipinski definition) is 1. The molecule has 5 nitrogen and oxygen atoms in total. The monoisotopic (exact) mass is 239 g/mol. The highest BCUT2D eigenvalue weighted by molar-refractivity contribution is 5.86. The standard InChI is InChI=1S/C13H13N5/c1-8-3-5-10(6-4-8)18-13-11(7-15-18)12(14)16-9(2)17-13/h3-7H,1-2H3,(H2,14,16,17). The van der Waals surface area contributed by atoms with E-state index in [4.69, 9.17) is 5.73 Å². The summed E-state index contributed by atoms with van der Waals surface area (Å²) < 4.78 is 1.78. The van der Waals surface area contributed by atoms with Gasteiger partial charge in [0.1, 0.15) is 11.6 Å². The van der Waals surface area contributed by atoms with E-state index in [0.717, 1.165) is 16.7 Å². The normalized spacial score (nSPS) is 11.0. The number of anilines is 1. The van der Waals surface area contributed by atoms with Crippen molar-refractivity contribution in [3.8, 4) is 5.69 Å². The predicted octanol–water partition coefficient (Wildman–Crippen LogP) is 2.01. The minimum atomic E-state index is 0.468. The molecule has 2 heterocycles. The lowest BCUT2D eigenvalue weighted by Gasteiger charge is -2.04. The molecule has 3 aromatic rings.